The monoisotopic (exact) mass is 334 g/mol. The van der Waals surface area contributed by atoms with Gasteiger partial charge >= 0.3 is 0 Å². The molecule has 0 spiro atoms. The molecule has 2 saturated carbocycles. The molecule has 0 aromatic carbocycles. The fraction of sp³-hybridized carbons (Fsp3) is 0.864. The summed E-state index contributed by atoms with van der Waals surface area (Å²) in [7, 11) is 0. The third kappa shape index (κ3) is 6.70. The maximum Gasteiger partial charge on any atom is 0.180 e. The van der Waals surface area contributed by atoms with Crippen LogP contribution < -0.4 is 0 Å². The number of carbonyl (C=O) groups excluding carboxylic acids is 1. The van der Waals surface area contributed by atoms with Crippen molar-refractivity contribution in [3.05, 3.63) is 12.7 Å². The first-order chi connectivity index (χ1) is 11.7. The molecule has 0 unspecified atom stereocenters. The molecule has 24 heavy (non-hydrogen) atoms. The van der Waals surface area contributed by atoms with Crippen LogP contribution in [0.4, 0.5) is 0 Å². The maximum absolute atomic E-state index is 11.1. The van der Waals surface area contributed by atoms with Crippen molar-refractivity contribution >= 4 is 5.78 Å². The zero-order valence-corrected chi connectivity index (χ0v) is 15.8. The zero-order chi connectivity index (χ0) is 17.2. The molecule has 2 rings (SSSR count). The van der Waals surface area contributed by atoms with Gasteiger partial charge in [0, 0.05) is 6.61 Å². The SMILES string of the molecule is C=CC(=O)COCCCC1CCC(C2CCC(CCC)CC2)CC1. The average Bonchev–Trinajstić information content (AvgIpc) is 2.63. The van der Waals surface area contributed by atoms with Crippen molar-refractivity contribution < 1.29 is 9.53 Å². The highest BCUT2D eigenvalue weighted by Gasteiger charge is 2.30. The minimum atomic E-state index is -0.0100. The van der Waals surface area contributed by atoms with Crippen LogP contribution in [0.5, 0.6) is 0 Å². The van der Waals surface area contributed by atoms with Crippen LogP contribution in [0.3, 0.4) is 0 Å². The third-order valence-electron chi connectivity index (χ3n) is 6.52. The first-order valence-electron chi connectivity index (χ1n) is 10.5. The van der Waals surface area contributed by atoms with Crippen LogP contribution in [0, 0.1) is 23.7 Å². The summed E-state index contributed by atoms with van der Waals surface area (Å²) in [5, 5.41) is 0. The summed E-state index contributed by atoms with van der Waals surface area (Å²) < 4.78 is 5.40. The Hall–Kier alpha value is -0.630. The van der Waals surface area contributed by atoms with Crippen molar-refractivity contribution in [1.82, 2.24) is 0 Å². The molecular formula is C22H38O2. The normalized spacial score (nSPS) is 30.9. The molecule has 0 atom stereocenters. The van der Waals surface area contributed by atoms with Crippen molar-refractivity contribution in [1.29, 1.82) is 0 Å². The zero-order valence-electron chi connectivity index (χ0n) is 15.8. The smallest absolute Gasteiger partial charge is 0.180 e. The number of ketones is 1. The van der Waals surface area contributed by atoms with Crippen LogP contribution in [-0.4, -0.2) is 19.0 Å². The molecule has 0 aromatic heterocycles. The molecule has 0 bridgehead atoms. The Morgan fingerprint density at radius 3 is 2.00 bits per heavy atom. The Balaban J connectivity index is 1.54. The Morgan fingerprint density at radius 1 is 0.958 bits per heavy atom. The Morgan fingerprint density at radius 2 is 1.50 bits per heavy atom. The van der Waals surface area contributed by atoms with Gasteiger partial charge in [0.1, 0.15) is 6.61 Å². The van der Waals surface area contributed by atoms with Gasteiger partial charge in [-0.3, -0.25) is 4.79 Å². The van der Waals surface area contributed by atoms with Gasteiger partial charge < -0.3 is 4.74 Å². The molecule has 0 N–H and O–H groups in total. The van der Waals surface area contributed by atoms with Crippen LogP contribution in [0.2, 0.25) is 0 Å². The summed E-state index contributed by atoms with van der Waals surface area (Å²) in [4.78, 5) is 11.1. The van der Waals surface area contributed by atoms with Crippen molar-refractivity contribution in [2.75, 3.05) is 13.2 Å². The second kappa shape index (κ2) is 11.1. The van der Waals surface area contributed by atoms with E-state index in [2.05, 4.69) is 13.5 Å². The van der Waals surface area contributed by atoms with Gasteiger partial charge in [-0.2, -0.15) is 0 Å². The third-order valence-corrected chi connectivity index (χ3v) is 6.52. The van der Waals surface area contributed by atoms with Crippen molar-refractivity contribution in [2.24, 2.45) is 23.7 Å². The van der Waals surface area contributed by atoms with E-state index in [0.29, 0.717) is 0 Å². The van der Waals surface area contributed by atoms with E-state index in [-0.39, 0.29) is 12.4 Å². The number of hydrogen-bond donors (Lipinski definition) is 0. The van der Waals surface area contributed by atoms with E-state index in [4.69, 9.17) is 4.74 Å². The quantitative estimate of drug-likeness (QED) is 0.364. The topological polar surface area (TPSA) is 26.3 Å². The molecule has 138 valence electrons. The lowest BCUT2D eigenvalue weighted by atomic mass is 9.68. The van der Waals surface area contributed by atoms with Crippen LogP contribution in [0.25, 0.3) is 0 Å². The molecule has 0 heterocycles. The van der Waals surface area contributed by atoms with Gasteiger partial charge in [-0.05, 0) is 68.3 Å². The molecule has 2 fully saturated rings. The van der Waals surface area contributed by atoms with E-state index in [0.717, 1.165) is 36.7 Å². The van der Waals surface area contributed by atoms with Gasteiger partial charge in [-0.25, -0.2) is 0 Å². The van der Waals surface area contributed by atoms with Crippen molar-refractivity contribution in [3.63, 3.8) is 0 Å². The van der Waals surface area contributed by atoms with E-state index in [1.54, 1.807) is 0 Å². The summed E-state index contributed by atoms with van der Waals surface area (Å²) in [6.45, 7) is 6.72. The fourth-order valence-corrected chi connectivity index (χ4v) is 5.01. The summed E-state index contributed by atoms with van der Waals surface area (Å²) in [6.07, 6.45) is 18.3. The lowest BCUT2D eigenvalue weighted by molar-refractivity contribution is -0.118. The highest BCUT2D eigenvalue weighted by molar-refractivity contribution is 5.90. The maximum atomic E-state index is 11.1. The lowest BCUT2D eigenvalue weighted by Gasteiger charge is -2.38. The molecule has 2 heteroatoms. The minimum Gasteiger partial charge on any atom is -0.373 e. The number of rotatable bonds is 10. The molecule has 0 saturated heterocycles. The standard InChI is InChI=1S/C22H38O2/c1-3-6-18-8-12-20(13-9-18)21-14-10-19(11-15-21)7-5-16-24-17-22(23)4-2/h4,18-21H,2-3,5-17H2,1H3. The molecule has 0 radical (unpaired) electrons. The predicted octanol–water partition coefficient (Wildman–Crippen LogP) is 5.95. The van der Waals surface area contributed by atoms with Gasteiger partial charge in [0.25, 0.3) is 0 Å². The summed E-state index contributed by atoms with van der Waals surface area (Å²) in [6, 6.07) is 0. The molecule has 2 nitrogen and oxygen atoms in total. The van der Waals surface area contributed by atoms with Crippen molar-refractivity contribution in [3.8, 4) is 0 Å². The average molecular weight is 335 g/mol. The summed E-state index contributed by atoms with van der Waals surface area (Å²) in [5.74, 6) is 3.98. The summed E-state index contributed by atoms with van der Waals surface area (Å²) >= 11 is 0. The number of carbonyl (C=O) groups is 1. The van der Waals surface area contributed by atoms with E-state index < -0.39 is 0 Å². The summed E-state index contributed by atoms with van der Waals surface area (Å²) in [5.41, 5.74) is 0. The largest absolute Gasteiger partial charge is 0.373 e. The first-order valence-corrected chi connectivity index (χ1v) is 10.5. The lowest BCUT2D eigenvalue weighted by Crippen LogP contribution is -2.26. The van der Waals surface area contributed by atoms with Crippen LogP contribution in [0.1, 0.15) is 84.0 Å². The van der Waals surface area contributed by atoms with E-state index >= 15 is 0 Å². The van der Waals surface area contributed by atoms with Gasteiger partial charge in [-0.15, -0.1) is 0 Å². The number of hydrogen-bond acceptors (Lipinski definition) is 2. The fourth-order valence-electron chi connectivity index (χ4n) is 5.01. The Labute approximate surface area is 149 Å². The molecule has 2 aliphatic carbocycles. The Kier molecular flexibility index (Phi) is 9.09. The molecule has 2 aliphatic rings. The minimum absolute atomic E-state index is 0.0100. The molecule has 0 aliphatic heterocycles. The van der Waals surface area contributed by atoms with Gasteiger partial charge in [0.05, 0.1) is 0 Å². The molecule has 0 aromatic rings. The Bertz CT molecular complexity index is 360. The van der Waals surface area contributed by atoms with Crippen molar-refractivity contribution in [2.45, 2.75) is 84.0 Å². The van der Waals surface area contributed by atoms with Crippen LogP contribution in [-0.2, 0) is 9.53 Å². The van der Waals surface area contributed by atoms with E-state index in [1.165, 1.54) is 76.7 Å². The highest BCUT2D eigenvalue weighted by atomic mass is 16.5. The first kappa shape index (κ1) is 19.7. The van der Waals surface area contributed by atoms with Gasteiger partial charge in [0.2, 0.25) is 0 Å². The van der Waals surface area contributed by atoms with Crippen LogP contribution in [0.15, 0.2) is 12.7 Å². The van der Waals surface area contributed by atoms with Crippen LogP contribution >= 0.6 is 0 Å². The van der Waals surface area contributed by atoms with Gasteiger partial charge in [0.15, 0.2) is 5.78 Å². The number of ether oxygens (including phenoxy) is 1. The van der Waals surface area contributed by atoms with Gasteiger partial charge in [-0.1, -0.05) is 52.0 Å². The van der Waals surface area contributed by atoms with E-state index in [1.807, 2.05) is 0 Å². The highest BCUT2D eigenvalue weighted by Crippen LogP contribution is 2.42. The predicted molar refractivity (Wildman–Crippen MR) is 101 cm³/mol. The second-order valence-electron chi connectivity index (χ2n) is 8.22. The van der Waals surface area contributed by atoms with E-state index in [9.17, 15) is 4.79 Å². The molecular weight excluding hydrogens is 296 g/mol. The molecule has 0 amide bonds. The second-order valence-corrected chi connectivity index (χ2v) is 8.22.